The summed E-state index contributed by atoms with van der Waals surface area (Å²) < 4.78 is 32.4. The average Bonchev–Trinajstić information content (AvgIpc) is 2.70. The molecule has 0 aromatic heterocycles. The Kier molecular flexibility index (Phi) is 6.42. The fraction of sp³-hybridized carbons (Fsp3) is 0.217. The zero-order valence-corrected chi connectivity index (χ0v) is 15.3. The SMILES string of the molecule is CCCC(Nc1ccc(F)c(F)c1)c1ccc(OCc2ccccc2)cc1. The third-order valence-corrected chi connectivity index (χ3v) is 4.37. The first kappa shape index (κ1) is 18.9. The van der Waals surface area contributed by atoms with Crippen molar-refractivity contribution in [3.63, 3.8) is 0 Å². The first-order chi connectivity index (χ1) is 13.2. The van der Waals surface area contributed by atoms with Gasteiger partial charge in [0.2, 0.25) is 0 Å². The molecule has 0 aliphatic heterocycles. The highest BCUT2D eigenvalue weighted by Gasteiger charge is 2.12. The van der Waals surface area contributed by atoms with Crippen LogP contribution >= 0.6 is 0 Å². The van der Waals surface area contributed by atoms with Gasteiger partial charge in [-0.2, -0.15) is 0 Å². The number of hydrogen-bond acceptors (Lipinski definition) is 2. The van der Waals surface area contributed by atoms with Gasteiger partial charge in [-0.1, -0.05) is 55.8 Å². The van der Waals surface area contributed by atoms with Gasteiger partial charge in [0, 0.05) is 11.8 Å². The Morgan fingerprint density at radius 1 is 0.889 bits per heavy atom. The molecule has 1 unspecified atom stereocenters. The molecule has 140 valence electrons. The minimum atomic E-state index is -0.847. The zero-order chi connectivity index (χ0) is 19.1. The van der Waals surface area contributed by atoms with Crippen molar-refractivity contribution < 1.29 is 13.5 Å². The molecule has 3 rings (SSSR count). The lowest BCUT2D eigenvalue weighted by molar-refractivity contribution is 0.306. The second-order valence-electron chi connectivity index (χ2n) is 6.46. The van der Waals surface area contributed by atoms with Gasteiger partial charge in [0.25, 0.3) is 0 Å². The van der Waals surface area contributed by atoms with E-state index in [-0.39, 0.29) is 6.04 Å². The quantitative estimate of drug-likeness (QED) is 0.491. The van der Waals surface area contributed by atoms with Crippen LogP contribution in [0.4, 0.5) is 14.5 Å². The van der Waals surface area contributed by atoms with E-state index in [1.807, 2.05) is 54.6 Å². The molecule has 0 amide bonds. The molecule has 0 fully saturated rings. The second kappa shape index (κ2) is 9.17. The van der Waals surface area contributed by atoms with Crippen molar-refractivity contribution in [3.05, 3.63) is 95.6 Å². The van der Waals surface area contributed by atoms with Crippen molar-refractivity contribution in [1.29, 1.82) is 0 Å². The molecule has 0 saturated heterocycles. The van der Waals surface area contributed by atoms with Crippen molar-refractivity contribution in [2.75, 3.05) is 5.32 Å². The van der Waals surface area contributed by atoms with Gasteiger partial charge >= 0.3 is 0 Å². The van der Waals surface area contributed by atoms with Crippen molar-refractivity contribution in [3.8, 4) is 5.75 Å². The Labute approximate surface area is 158 Å². The number of halogens is 2. The van der Waals surface area contributed by atoms with E-state index in [0.717, 1.165) is 35.8 Å². The summed E-state index contributed by atoms with van der Waals surface area (Å²) in [5.74, 6) is -0.891. The van der Waals surface area contributed by atoms with Crippen LogP contribution in [0.3, 0.4) is 0 Å². The molecule has 0 bridgehead atoms. The third kappa shape index (κ3) is 5.30. The molecule has 3 aromatic rings. The number of benzene rings is 3. The van der Waals surface area contributed by atoms with Crippen LogP contribution in [0.5, 0.6) is 5.75 Å². The molecule has 27 heavy (non-hydrogen) atoms. The number of anilines is 1. The van der Waals surface area contributed by atoms with E-state index in [4.69, 9.17) is 4.74 Å². The topological polar surface area (TPSA) is 21.3 Å². The Balaban J connectivity index is 1.67. The van der Waals surface area contributed by atoms with Gasteiger partial charge in [-0.3, -0.25) is 0 Å². The summed E-state index contributed by atoms with van der Waals surface area (Å²) in [5.41, 5.74) is 2.76. The fourth-order valence-corrected chi connectivity index (χ4v) is 2.94. The van der Waals surface area contributed by atoms with E-state index >= 15 is 0 Å². The molecule has 0 heterocycles. The highest BCUT2D eigenvalue weighted by atomic mass is 19.2. The van der Waals surface area contributed by atoms with Crippen molar-refractivity contribution in [2.45, 2.75) is 32.4 Å². The molecule has 0 aliphatic carbocycles. The Morgan fingerprint density at radius 2 is 1.63 bits per heavy atom. The van der Waals surface area contributed by atoms with Crippen molar-refractivity contribution in [1.82, 2.24) is 0 Å². The van der Waals surface area contributed by atoms with Crippen LogP contribution in [0.1, 0.15) is 36.9 Å². The number of ether oxygens (including phenoxy) is 1. The van der Waals surface area contributed by atoms with Crippen LogP contribution in [-0.4, -0.2) is 0 Å². The maximum absolute atomic E-state index is 13.5. The molecule has 1 N–H and O–H groups in total. The minimum Gasteiger partial charge on any atom is -0.489 e. The van der Waals surface area contributed by atoms with E-state index in [2.05, 4.69) is 12.2 Å². The van der Waals surface area contributed by atoms with Crippen LogP contribution < -0.4 is 10.1 Å². The van der Waals surface area contributed by atoms with Gasteiger partial charge in [0.15, 0.2) is 11.6 Å². The highest BCUT2D eigenvalue weighted by Crippen LogP contribution is 2.27. The molecule has 3 aromatic carbocycles. The lowest BCUT2D eigenvalue weighted by atomic mass is 10.0. The summed E-state index contributed by atoms with van der Waals surface area (Å²) in [5, 5.41) is 3.29. The number of rotatable bonds is 8. The average molecular weight is 367 g/mol. The largest absolute Gasteiger partial charge is 0.489 e. The molecule has 0 spiro atoms. The highest BCUT2D eigenvalue weighted by molar-refractivity contribution is 5.46. The molecule has 4 heteroatoms. The van der Waals surface area contributed by atoms with E-state index in [1.165, 1.54) is 6.07 Å². The van der Waals surface area contributed by atoms with Gasteiger partial charge in [0.05, 0.1) is 6.04 Å². The summed E-state index contributed by atoms with van der Waals surface area (Å²) >= 11 is 0. The second-order valence-corrected chi connectivity index (χ2v) is 6.46. The van der Waals surface area contributed by atoms with E-state index in [0.29, 0.717) is 12.3 Å². The lowest BCUT2D eigenvalue weighted by Crippen LogP contribution is -2.11. The van der Waals surface area contributed by atoms with E-state index in [1.54, 1.807) is 6.07 Å². The summed E-state index contributed by atoms with van der Waals surface area (Å²) in [7, 11) is 0. The minimum absolute atomic E-state index is 0.0167. The molecule has 0 aliphatic rings. The van der Waals surface area contributed by atoms with Gasteiger partial charge in [-0.25, -0.2) is 8.78 Å². The smallest absolute Gasteiger partial charge is 0.160 e. The van der Waals surface area contributed by atoms with Crippen molar-refractivity contribution in [2.24, 2.45) is 0 Å². The predicted octanol–water partition coefficient (Wildman–Crippen LogP) is 6.50. The molecule has 0 radical (unpaired) electrons. The van der Waals surface area contributed by atoms with Crippen LogP contribution in [-0.2, 0) is 6.61 Å². The molecule has 0 saturated carbocycles. The molecular formula is C23H23F2NO. The Morgan fingerprint density at radius 3 is 2.30 bits per heavy atom. The van der Waals surface area contributed by atoms with Crippen LogP contribution in [0.15, 0.2) is 72.8 Å². The third-order valence-electron chi connectivity index (χ3n) is 4.37. The van der Waals surface area contributed by atoms with Crippen LogP contribution in [0.25, 0.3) is 0 Å². The maximum atomic E-state index is 13.5. The Bertz CT molecular complexity index is 850. The van der Waals surface area contributed by atoms with Crippen molar-refractivity contribution >= 4 is 5.69 Å². The normalized spacial score (nSPS) is 11.8. The van der Waals surface area contributed by atoms with Gasteiger partial charge < -0.3 is 10.1 Å². The summed E-state index contributed by atoms with van der Waals surface area (Å²) in [4.78, 5) is 0. The Hall–Kier alpha value is -2.88. The first-order valence-corrected chi connectivity index (χ1v) is 9.14. The zero-order valence-electron chi connectivity index (χ0n) is 15.3. The molecule has 1 atom stereocenters. The fourth-order valence-electron chi connectivity index (χ4n) is 2.94. The lowest BCUT2D eigenvalue weighted by Gasteiger charge is -2.20. The van der Waals surface area contributed by atoms with Crippen LogP contribution in [0, 0.1) is 11.6 Å². The first-order valence-electron chi connectivity index (χ1n) is 9.14. The summed E-state index contributed by atoms with van der Waals surface area (Å²) in [6, 6.07) is 21.8. The maximum Gasteiger partial charge on any atom is 0.160 e. The summed E-state index contributed by atoms with van der Waals surface area (Å²) in [6.07, 6.45) is 1.84. The van der Waals surface area contributed by atoms with Crippen LogP contribution in [0.2, 0.25) is 0 Å². The monoisotopic (exact) mass is 367 g/mol. The number of hydrogen-bond donors (Lipinski definition) is 1. The van der Waals surface area contributed by atoms with Gasteiger partial charge in [-0.05, 0) is 41.8 Å². The molecule has 2 nitrogen and oxygen atoms in total. The number of nitrogens with one attached hydrogen (secondary N) is 1. The predicted molar refractivity (Wildman–Crippen MR) is 105 cm³/mol. The van der Waals surface area contributed by atoms with E-state index < -0.39 is 11.6 Å². The van der Waals surface area contributed by atoms with Gasteiger partial charge in [0.1, 0.15) is 12.4 Å². The standard InChI is InChI=1S/C23H23F2NO/c1-2-6-23(26-19-11-14-21(24)22(25)15-19)18-9-12-20(13-10-18)27-16-17-7-4-3-5-8-17/h3-5,7-15,23,26H,2,6,16H2,1H3. The summed E-state index contributed by atoms with van der Waals surface area (Å²) in [6.45, 7) is 2.61. The molecular weight excluding hydrogens is 344 g/mol. The van der Waals surface area contributed by atoms with Gasteiger partial charge in [-0.15, -0.1) is 0 Å². The van der Waals surface area contributed by atoms with E-state index in [9.17, 15) is 8.78 Å².